The zero-order valence-electron chi connectivity index (χ0n) is 12.6. The number of carbonyl (C=O) groups is 1. The number of amides is 1. The first-order valence-corrected chi connectivity index (χ1v) is 8.70. The number of hydrogen-bond acceptors (Lipinski definition) is 4. The van der Waals surface area contributed by atoms with Crippen LogP contribution in [0.15, 0.2) is 18.2 Å². The summed E-state index contributed by atoms with van der Waals surface area (Å²) < 4.78 is 28.4. The van der Waals surface area contributed by atoms with Gasteiger partial charge in [-0.1, -0.05) is 17.7 Å². The highest BCUT2D eigenvalue weighted by Gasteiger charge is 2.39. The van der Waals surface area contributed by atoms with E-state index in [2.05, 4.69) is 5.32 Å². The maximum absolute atomic E-state index is 12.2. The Labute approximate surface area is 125 Å². The summed E-state index contributed by atoms with van der Waals surface area (Å²) in [6.45, 7) is 3.73. The number of ether oxygens (including phenoxy) is 1. The maximum Gasteiger partial charge on any atom is 0.225 e. The summed E-state index contributed by atoms with van der Waals surface area (Å²) in [4.78, 5) is 12.2. The fraction of sp³-hybridized carbons (Fsp3) is 0.533. The van der Waals surface area contributed by atoms with Gasteiger partial charge >= 0.3 is 0 Å². The zero-order chi connectivity index (χ0) is 15.7. The smallest absolute Gasteiger partial charge is 0.225 e. The molecular weight excluding hydrogens is 290 g/mol. The van der Waals surface area contributed by atoms with Gasteiger partial charge in [0.2, 0.25) is 5.91 Å². The predicted molar refractivity (Wildman–Crippen MR) is 81.3 cm³/mol. The summed E-state index contributed by atoms with van der Waals surface area (Å²) in [5.41, 5.74) is 1.19. The van der Waals surface area contributed by atoms with Gasteiger partial charge in [0.05, 0.1) is 30.6 Å². The van der Waals surface area contributed by atoms with Gasteiger partial charge in [-0.2, -0.15) is 0 Å². The van der Waals surface area contributed by atoms with Crippen molar-refractivity contribution in [2.24, 2.45) is 0 Å². The van der Waals surface area contributed by atoms with Gasteiger partial charge in [-0.15, -0.1) is 0 Å². The summed E-state index contributed by atoms with van der Waals surface area (Å²) in [6.07, 6.45) is 0.645. The number of hydrogen-bond donors (Lipinski definition) is 1. The maximum atomic E-state index is 12.2. The minimum atomic E-state index is -3.03. The van der Waals surface area contributed by atoms with Crippen molar-refractivity contribution in [1.82, 2.24) is 5.32 Å². The van der Waals surface area contributed by atoms with E-state index >= 15 is 0 Å². The minimum Gasteiger partial charge on any atom is -0.496 e. The molecule has 6 heteroatoms. The van der Waals surface area contributed by atoms with Crippen LogP contribution in [0.5, 0.6) is 5.75 Å². The van der Waals surface area contributed by atoms with Crippen LogP contribution in [-0.4, -0.2) is 38.5 Å². The lowest BCUT2D eigenvalue weighted by atomic mass is 10.0. The van der Waals surface area contributed by atoms with Crippen molar-refractivity contribution in [2.75, 3.05) is 18.6 Å². The van der Waals surface area contributed by atoms with Gasteiger partial charge < -0.3 is 10.1 Å². The van der Waals surface area contributed by atoms with E-state index in [1.165, 1.54) is 0 Å². The van der Waals surface area contributed by atoms with Crippen molar-refractivity contribution in [3.63, 3.8) is 0 Å². The fourth-order valence-corrected chi connectivity index (χ4v) is 4.80. The van der Waals surface area contributed by atoms with Crippen LogP contribution in [0.1, 0.15) is 24.5 Å². The van der Waals surface area contributed by atoms with E-state index in [9.17, 15) is 13.2 Å². The van der Waals surface area contributed by atoms with E-state index in [0.29, 0.717) is 12.2 Å². The molecule has 1 amide bonds. The summed E-state index contributed by atoms with van der Waals surface area (Å²) in [5.74, 6) is 0.632. The van der Waals surface area contributed by atoms with Crippen molar-refractivity contribution < 1.29 is 17.9 Å². The first kappa shape index (κ1) is 15.8. The molecule has 5 nitrogen and oxygen atoms in total. The Kier molecular flexibility index (Phi) is 4.27. The third kappa shape index (κ3) is 3.97. The van der Waals surface area contributed by atoms with Crippen LogP contribution in [0.25, 0.3) is 0 Å². The normalized spacial score (nSPS) is 23.8. The van der Waals surface area contributed by atoms with Gasteiger partial charge in [0.15, 0.2) is 9.84 Å². The van der Waals surface area contributed by atoms with Crippen molar-refractivity contribution in [2.45, 2.75) is 32.2 Å². The average Bonchev–Trinajstić information content (AvgIpc) is 2.63. The van der Waals surface area contributed by atoms with E-state index < -0.39 is 15.4 Å². The molecule has 0 aromatic heterocycles. The second kappa shape index (κ2) is 5.67. The van der Waals surface area contributed by atoms with Crippen LogP contribution in [0, 0.1) is 6.92 Å². The number of carbonyl (C=O) groups excluding carboxylic acids is 1. The Bertz CT molecular complexity index is 654. The summed E-state index contributed by atoms with van der Waals surface area (Å²) in [7, 11) is -1.46. The van der Waals surface area contributed by atoms with Crippen LogP contribution >= 0.6 is 0 Å². The molecule has 1 N–H and O–H groups in total. The molecule has 0 aliphatic carbocycles. The minimum absolute atomic E-state index is 0.0106. The molecule has 116 valence electrons. The Morgan fingerprint density at radius 1 is 1.43 bits per heavy atom. The molecule has 1 fully saturated rings. The lowest BCUT2D eigenvalue weighted by Crippen LogP contribution is -2.47. The average molecular weight is 311 g/mol. The van der Waals surface area contributed by atoms with Gasteiger partial charge in [-0.05, 0) is 26.3 Å². The zero-order valence-corrected chi connectivity index (χ0v) is 13.4. The Hall–Kier alpha value is -1.56. The van der Waals surface area contributed by atoms with Gasteiger partial charge in [0, 0.05) is 5.56 Å². The van der Waals surface area contributed by atoms with Gasteiger partial charge in [-0.3, -0.25) is 4.79 Å². The van der Waals surface area contributed by atoms with Crippen molar-refractivity contribution >= 4 is 15.7 Å². The van der Waals surface area contributed by atoms with E-state index in [-0.39, 0.29) is 23.8 Å². The van der Waals surface area contributed by atoms with Crippen molar-refractivity contribution in [1.29, 1.82) is 0 Å². The van der Waals surface area contributed by atoms with Crippen LogP contribution in [0.2, 0.25) is 0 Å². The molecule has 2 rings (SSSR count). The summed E-state index contributed by atoms with van der Waals surface area (Å²) >= 11 is 0. The summed E-state index contributed by atoms with van der Waals surface area (Å²) in [5, 5.41) is 2.86. The number of benzene rings is 1. The second-order valence-electron chi connectivity index (χ2n) is 5.94. The van der Waals surface area contributed by atoms with Crippen molar-refractivity contribution in [3.05, 3.63) is 29.3 Å². The number of sulfone groups is 1. The predicted octanol–water partition coefficient (Wildman–Crippen LogP) is 1.24. The van der Waals surface area contributed by atoms with Crippen molar-refractivity contribution in [3.8, 4) is 5.75 Å². The lowest BCUT2D eigenvalue weighted by Gasteiger charge is -2.24. The monoisotopic (exact) mass is 311 g/mol. The molecular formula is C15H21NO4S. The molecule has 1 aromatic carbocycles. The molecule has 1 aliphatic rings. The SMILES string of the molecule is COc1ccc(C)cc1CC(=O)NC1(C)CCS(=O)(=O)C1. The molecule has 1 saturated heterocycles. The first-order chi connectivity index (χ1) is 9.73. The first-order valence-electron chi connectivity index (χ1n) is 6.88. The van der Waals surface area contributed by atoms with E-state index in [0.717, 1.165) is 11.1 Å². The molecule has 0 radical (unpaired) electrons. The van der Waals surface area contributed by atoms with E-state index in [1.54, 1.807) is 14.0 Å². The number of aryl methyl sites for hydroxylation is 1. The van der Waals surface area contributed by atoms with Crippen LogP contribution in [-0.2, 0) is 21.1 Å². The van der Waals surface area contributed by atoms with Crippen LogP contribution < -0.4 is 10.1 Å². The fourth-order valence-electron chi connectivity index (χ4n) is 2.71. The Morgan fingerprint density at radius 2 is 2.14 bits per heavy atom. The molecule has 0 saturated carbocycles. The van der Waals surface area contributed by atoms with Gasteiger partial charge in [0.1, 0.15) is 5.75 Å². The second-order valence-corrected chi connectivity index (χ2v) is 8.13. The molecule has 21 heavy (non-hydrogen) atoms. The highest BCUT2D eigenvalue weighted by atomic mass is 32.2. The number of methoxy groups -OCH3 is 1. The quantitative estimate of drug-likeness (QED) is 0.908. The highest BCUT2D eigenvalue weighted by molar-refractivity contribution is 7.91. The topological polar surface area (TPSA) is 72.5 Å². The van der Waals surface area contributed by atoms with Gasteiger partial charge in [-0.25, -0.2) is 8.42 Å². The molecule has 0 bridgehead atoms. The van der Waals surface area contributed by atoms with E-state index in [4.69, 9.17) is 4.74 Å². The number of rotatable bonds is 4. The largest absolute Gasteiger partial charge is 0.496 e. The third-order valence-electron chi connectivity index (χ3n) is 3.73. The molecule has 0 spiro atoms. The van der Waals surface area contributed by atoms with E-state index in [1.807, 2.05) is 25.1 Å². The summed E-state index contributed by atoms with van der Waals surface area (Å²) in [6, 6.07) is 5.66. The molecule has 1 heterocycles. The Morgan fingerprint density at radius 3 is 2.71 bits per heavy atom. The Balaban J connectivity index is 2.07. The van der Waals surface area contributed by atoms with Crippen LogP contribution in [0.3, 0.4) is 0 Å². The van der Waals surface area contributed by atoms with Crippen LogP contribution in [0.4, 0.5) is 0 Å². The lowest BCUT2D eigenvalue weighted by molar-refractivity contribution is -0.121. The highest BCUT2D eigenvalue weighted by Crippen LogP contribution is 2.24. The van der Waals surface area contributed by atoms with Gasteiger partial charge in [0.25, 0.3) is 0 Å². The molecule has 1 aromatic rings. The third-order valence-corrected chi connectivity index (χ3v) is 5.63. The molecule has 1 aliphatic heterocycles. The molecule has 1 unspecified atom stereocenters. The standard InChI is InChI=1S/C15H21NO4S/c1-11-4-5-13(20-3)12(8-11)9-14(17)16-15(2)6-7-21(18,19)10-15/h4-5,8H,6-7,9-10H2,1-3H3,(H,16,17). The molecule has 1 atom stereocenters. The number of nitrogens with one attached hydrogen (secondary N) is 1.